The van der Waals surface area contributed by atoms with Gasteiger partial charge >= 0.3 is 0 Å². The number of benzene rings is 1. The van der Waals surface area contributed by atoms with E-state index >= 15 is 0 Å². The third-order valence-electron chi connectivity index (χ3n) is 4.41. The highest BCUT2D eigenvalue weighted by atomic mass is 19.1. The second-order valence-electron chi connectivity index (χ2n) is 6.83. The molecule has 0 saturated carbocycles. The summed E-state index contributed by atoms with van der Waals surface area (Å²) in [5.41, 5.74) is 7.87. The lowest BCUT2D eigenvalue weighted by atomic mass is 9.96. The van der Waals surface area contributed by atoms with Gasteiger partial charge in [0.05, 0.1) is 5.69 Å². The van der Waals surface area contributed by atoms with Gasteiger partial charge in [-0.05, 0) is 54.6 Å². The summed E-state index contributed by atoms with van der Waals surface area (Å²) in [6, 6.07) is 10.8. The summed E-state index contributed by atoms with van der Waals surface area (Å²) in [4.78, 5) is 6.68. The number of nitrogen functional groups attached to an aromatic ring is 1. The normalized spacial score (nSPS) is 18.7. The van der Waals surface area contributed by atoms with Crippen molar-refractivity contribution in [3.05, 3.63) is 47.8 Å². The molecule has 2 heterocycles. The molecular weight excluding hydrogens is 289 g/mol. The summed E-state index contributed by atoms with van der Waals surface area (Å²) in [7, 11) is 0. The smallest absolute Gasteiger partial charge is 0.132 e. The van der Waals surface area contributed by atoms with E-state index < -0.39 is 0 Å². The van der Waals surface area contributed by atoms with Crippen LogP contribution in [0.25, 0.3) is 11.3 Å². The summed E-state index contributed by atoms with van der Waals surface area (Å²) in [6.45, 7) is 7.71. The molecule has 3 rings (SSSR count). The molecule has 1 aromatic heterocycles. The molecule has 0 amide bonds. The van der Waals surface area contributed by atoms with E-state index in [1.807, 2.05) is 12.1 Å². The standard InChI is InChI=1S/C19H24FN3/c1-13(2)11-23-9-8-15(12-23)14-6-7-16(17(20)10-14)18-4-3-5-19(21)22-18/h3-7,10,13,15H,8-9,11-12H2,1-2H3,(H2,21,22). The molecule has 2 aromatic rings. The second kappa shape index (κ2) is 6.67. The van der Waals surface area contributed by atoms with Crippen LogP contribution in [0.4, 0.5) is 10.2 Å². The van der Waals surface area contributed by atoms with Gasteiger partial charge < -0.3 is 10.6 Å². The molecule has 1 saturated heterocycles. The largest absolute Gasteiger partial charge is 0.384 e. The van der Waals surface area contributed by atoms with Gasteiger partial charge in [0.25, 0.3) is 0 Å². The van der Waals surface area contributed by atoms with E-state index in [1.54, 1.807) is 24.3 Å². The SMILES string of the molecule is CC(C)CN1CCC(c2ccc(-c3cccc(N)n3)c(F)c2)C1. The first-order valence-electron chi connectivity index (χ1n) is 8.27. The molecule has 122 valence electrons. The van der Waals surface area contributed by atoms with Crippen LogP contribution in [-0.2, 0) is 0 Å². The van der Waals surface area contributed by atoms with Crippen molar-refractivity contribution in [3.63, 3.8) is 0 Å². The zero-order valence-corrected chi connectivity index (χ0v) is 13.8. The lowest BCUT2D eigenvalue weighted by molar-refractivity contribution is 0.295. The monoisotopic (exact) mass is 313 g/mol. The summed E-state index contributed by atoms with van der Waals surface area (Å²) >= 11 is 0. The Morgan fingerprint density at radius 1 is 1.30 bits per heavy atom. The zero-order valence-electron chi connectivity index (χ0n) is 13.8. The number of aromatic nitrogens is 1. The molecule has 1 atom stereocenters. The molecule has 0 spiro atoms. The molecule has 2 N–H and O–H groups in total. The Labute approximate surface area is 137 Å². The fraction of sp³-hybridized carbons (Fsp3) is 0.421. The molecule has 3 nitrogen and oxygen atoms in total. The molecular formula is C19H24FN3. The van der Waals surface area contributed by atoms with Crippen molar-refractivity contribution in [3.8, 4) is 11.3 Å². The van der Waals surface area contributed by atoms with E-state index in [1.165, 1.54) is 0 Å². The number of rotatable bonds is 4. The molecule has 4 heteroatoms. The summed E-state index contributed by atoms with van der Waals surface area (Å²) in [6.07, 6.45) is 1.10. The van der Waals surface area contributed by atoms with Crippen molar-refractivity contribution in [2.75, 3.05) is 25.4 Å². The minimum atomic E-state index is -0.220. The van der Waals surface area contributed by atoms with E-state index in [0.717, 1.165) is 31.6 Å². The van der Waals surface area contributed by atoms with Crippen LogP contribution >= 0.6 is 0 Å². The third-order valence-corrected chi connectivity index (χ3v) is 4.41. The molecule has 1 fully saturated rings. The van der Waals surface area contributed by atoms with Gasteiger partial charge in [0, 0.05) is 18.7 Å². The Hall–Kier alpha value is -1.94. The zero-order chi connectivity index (χ0) is 16.4. The summed E-state index contributed by atoms with van der Waals surface area (Å²) < 4.78 is 14.5. The summed E-state index contributed by atoms with van der Waals surface area (Å²) in [5, 5.41) is 0. The first kappa shape index (κ1) is 15.9. The molecule has 1 aliphatic heterocycles. The number of nitrogens with two attached hydrogens (primary N) is 1. The Balaban J connectivity index is 1.78. The molecule has 0 aliphatic carbocycles. The molecule has 0 bridgehead atoms. The van der Waals surface area contributed by atoms with Gasteiger partial charge in [0.1, 0.15) is 11.6 Å². The Morgan fingerprint density at radius 3 is 2.83 bits per heavy atom. The molecule has 0 radical (unpaired) electrons. The van der Waals surface area contributed by atoms with Crippen LogP contribution in [0.5, 0.6) is 0 Å². The molecule has 1 aliphatic rings. The van der Waals surface area contributed by atoms with E-state index in [4.69, 9.17) is 5.73 Å². The maximum atomic E-state index is 14.5. The van der Waals surface area contributed by atoms with Crippen molar-refractivity contribution in [1.82, 2.24) is 9.88 Å². The number of pyridine rings is 1. The van der Waals surface area contributed by atoms with Gasteiger partial charge in [-0.15, -0.1) is 0 Å². The van der Waals surface area contributed by atoms with E-state index in [0.29, 0.717) is 28.9 Å². The topological polar surface area (TPSA) is 42.1 Å². The average molecular weight is 313 g/mol. The van der Waals surface area contributed by atoms with Crippen molar-refractivity contribution >= 4 is 5.82 Å². The number of likely N-dealkylation sites (tertiary alicyclic amines) is 1. The van der Waals surface area contributed by atoms with Crippen LogP contribution < -0.4 is 5.73 Å². The highest BCUT2D eigenvalue weighted by Gasteiger charge is 2.24. The van der Waals surface area contributed by atoms with Gasteiger partial charge in [-0.1, -0.05) is 26.0 Å². The van der Waals surface area contributed by atoms with Gasteiger partial charge in [-0.25, -0.2) is 9.37 Å². The second-order valence-corrected chi connectivity index (χ2v) is 6.83. The van der Waals surface area contributed by atoms with Crippen LogP contribution in [0.1, 0.15) is 31.7 Å². The van der Waals surface area contributed by atoms with Crippen LogP contribution in [0.2, 0.25) is 0 Å². The van der Waals surface area contributed by atoms with E-state index in [9.17, 15) is 4.39 Å². The molecule has 1 unspecified atom stereocenters. The first-order valence-corrected chi connectivity index (χ1v) is 8.27. The van der Waals surface area contributed by atoms with Crippen molar-refractivity contribution in [2.45, 2.75) is 26.2 Å². The van der Waals surface area contributed by atoms with Crippen LogP contribution in [0.15, 0.2) is 36.4 Å². The van der Waals surface area contributed by atoms with Crippen LogP contribution in [0, 0.1) is 11.7 Å². The van der Waals surface area contributed by atoms with Crippen LogP contribution in [-0.4, -0.2) is 29.5 Å². The minimum absolute atomic E-state index is 0.220. The molecule has 1 aromatic carbocycles. The quantitative estimate of drug-likeness (QED) is 0.930. The predicted octanol–water partition coefficient (Wildman–Crippen LogP) is 3.92. The Morgan fingerprint density at radius 2 is 2.13 bits per heavy atom. The van der Waals surface area contributed by atoms with E-state index in [-0.39, 0.29) is 5.82 Å². The fourth-order valence-corrected chi connectivity index (χ4v) is 3.38. The highest BCUT2D eigenvalue weighted by Crippen LogP contribution is 2.31. The van der Waals surface area contributed by atoms with Crippen molar-refractivity contribution in [2.24, 2.45) is 5.92 Å². The van der Waals surface area contributed by atoms with Gasteiger partial charge in [-0.2, -0.15) is 0 Å². The lowest BCUT2D eigenvalue weighted by Crippen LogP contribution is -2.24. The first-order chi connectivity index (χ1) is 11.0. The molecule has 23 heavy (non-hydrogen) atoms. The van der Waals surface area contributed by atoms with Crippen molar-refractivity contribution < 1.29 is 4.39 Å². The van der Waals surface area contributed by atoms with E-state index in [2.05, 4.69) is 23.7 Å². The summed E-state index contributed by atoms with van der Waals surface area (Å²) in [5.74, 6) is 1.28. The highest BCUT2D eigenvalue weighted by molar-refractivity contribution is 5.62. The fourth-order valence-electron chi connectivity index (χ4n) is 3.38. The number of anilines is 1. The average Bonchev–Trinajstić information content (AvgIpc) is 2.94. The van der Waals surface area contributed by atoms with Gasteiger partial charge in [0.2, 0.25) is 0 Å². The van der Waals surface area contributed by atoms with Crippen molar-refractivity contribution in [1.29, 1.82) is 0 Å². The maximum absolute atomic E-state index is 14.5. The Kier molecular flexibility index (Phi) is 4.62. The predicted molar refractivity (Wildman–Crippen MR) is 92.7 cm³/mol. The lowest BCUT2D eigenvalue weighted by Gasteiger charge is -2.18. The maximum Gasteiger partial charge on any atom is 0.132 e. The number of halogens is 1. The van der Waals surface area contributed by atoms with Crippen LogP contribution in [0.3, 0.4) is 0 Å². The minimum Gasteiger partial charge on any atom is -0.384 e. The van der Waals surface area contributed by atoms with Gasteiger partial charge in [-0.3, -0.25) is 0 Å². The number of nitrogens with zero attached hydrogens (tertiary/aromatic N) is 2. The third kappa shape index (κ3) is 3.70. The number of hydrogen-bond donors (Lipinski definition) is 1. The number of hydrogen-bond acceptors (Lipinski definition) is 3. The Bertz CT molecular complexity index is 684. The van der Waals surface area contributed by atoms with Gasteiger partial charge in [0.15, 0.2) is 0 Å².